The fourth-order valence-corrected chi connectivity index (χ4v) is 6.38. The molecule has 2 fully saturated rings. The molecule has 11 heteroatoms. The maximum absolute atomic E-state index is 6.71. The lowest BCUT2D eigenvalue weighted by Gasteiger charge is -2.36. The Morgan fingerprint density at radius 1 is 1.05 bits per heavy atom. The molecule has 2 atom stereocenters. The van der Waals surface area contributed by atoms with Crippen molar-refractivity contribution in [2.75, 3.05) is 56.3 Å². The molecule has 10 nitrogen and oxygen atoms in total. The average Bonchev–Trinajstić information content (AvgIpc) is 3.66. The van der Waals surface area contributed by atoms with Crippen LogP contribution in [0.15, 0.2) is 61.3 Å². The number of ether oxygens (including phenoxy) is 4. The highest BCUT2D eigenvalue weighted by molar-refractivity contribution is 6.31. The van der Waals surface area contributed by atoms with E-state index >= 15 is 0 Å². The number of hydrogen-bond donors (Lipinski definition) is 0. The third-order valence-corrected chi connectivity index (χ3v) is 8.22. The largest absolute Gasteiger partial charge is 0.491 e. The lowest BCUT2D eigenvalue weighted by Crippen LogP contribution is -2.47. The smallest absolute Gasteiger partial charge is 0.233 e. The van der Waals surface area contributed by atoms with Crippen LogP contribution in [-0.4, -0.2) is 72.1 Å². The van der Waals surface area contributed by atoms with Crippen molar-refractivity contribution in [2.24, 2.45) is 0 Å². The first-order chi connectivity index (χ1) is 20.8. The predicted octanol–water partition coefficient (Wildman–Crippen LogP) is 4.93. The molecule has 43 heavy (non-hydrogen) atoms. The maximum Gasteiger partial charge on any atom is 0.233 e. The monoisotopic (exact) mass is 604 g/mol. The Morgan fingerprint density at radius 2 is 1.81 bits per heavy atom. The lowest BCUT2D eigenvalue weighted by atomic mass is 9.93. The van der Waals surface area contributed by atoms with Crippen LogP contribution in [0.4, 0.5) is 11.5 Å². The van der Waals surface area contributed by atoms with Crippen LogP contribution in [0.5, 0.6) is 11.6 Å². The number of methoxy groups -OCH3 is 1. The van der Waals surface area contributed by atoms with E-state index in [2.05, 4.69) is 69.8 Å². The van der Waals surface area contributed by atoms with Crippen LogP contribution < -0.4 is 19.3 Å². The molecule has 2 aliphatic heterocycles. The molecular formula is C32H37ClN6O4. The van der Waals surface area contributed by atoms with Gasteiger partial charge in [0.25, 0.3) is 0 Å². The van der Waals surface area contributed by atoms with Crippen LogP contribution in [0.25, 0.3) is 0 Å². The molecule has 0 bridgehead atoms. The van der Waals surface area contributed by atoms with Crippen molar-refractivity contribution >= 4 is 23.1 Å². The highest BCUT2D eigenvalue weighted by Crippen LogP contribution is 2.40. The van der Waals surface area contributed by atoms with Gasteiger partial charge in [0.05, 0.1) is 32.8 Å². The number of halogens is 1. The van der Waals surface area contributed by atoms with Crippen molar-refractivity contribution in [3.8, 4) is 11.6 Å². The molecule has 2 aromatic carbocycles. The zero-order valence-electron chi connectivity index (χ0n) is 25.0. The Kier molecular flexibility index (Phi) is 8.43. The molecule has 0 N–H and O–H groups in total. The predicted molar refractivity (Wildman–Crippen MR) is 165 cm³/mol. The second kappa shape index (κ2) is 12.4. The number of benzene rings is 2. The van der Waals surface area contributed by atoms with E-state index in [1.807, 2.05) is 22.9 Å². The first-order valence-electron chi connectivity index (χ1n) is 14.5. The van der Waals surface area contributed by atoms with Crippen molar-refractivity contribution in [1.29, 1.82) is 0 Å². The van der Waals surface area contributed by atoms with Gasteiger partial charge in [-0.15, -0.1) is 0 Å². The maximum atomic E-state index is 6.71. The van der Waals surface area contributed by atoms with Gasteiger partial charge in [-0.3, -0.25) is 0 Å². The number of anilines is 2. The molecule has 0 radical (unpaired) electrons. The Morgan fingerprint density at radius 3 is 2.51 bits per heavy atom. The van der Waals surface area contributed by atoms with Crippen LogP contribution >= 0.6 is 11.6 Å². The Bertz CT molecular complexity index is 1540. The van der Waals surface area contributed by atoms with E-state index in [0.29, 0.717) is 36.6 Å². The summed E-state index contributed by atoms with van der Waals surface area (Å²) in [4.78, 5) is 17.4. The van der Waals surface area contributed by atoms with Crippen LogP contribution in [-0.2, 0) is 21.8 Å². The highest BCUT2D eigenvalue weighted by Gasteiger charge is 2.45. The average molecular weight is 605 g/mol. The number of piperazine rings is 1. The molecule has 0 aliphatic carbocycles. The molecule has 226 valence electrons. The van der Waals surface area contributed by atoms with Crippen molar-refractivity contribution in [2.45, 2.75) is 39.2 Å². The highest BCUT2D eigenvalue weighted by atomic mass is 35.5. The first-order valence-corrected chi connectivity index (χ1v) is 14.9. The van der Waals surface area contributed by atoms with Crippen LogP contribution in [0, 0.1) is 20.8 Å². The zero-order chi connectivity index (χ0) is 30.0. The summed E-state index contributed by atoms with van der Waals surface area (Å²) >= 11 is 6.36. The standard InChI is InChI=1S/C32H37ClN6O4/c1-22-14-23(2)29(24(3)15-22)32(20-37-9-8-34-21-37)42-19-27(43-32)18-41-26-7-5-6-25(16-26)38-10-12-39(13-11-38)31-30(33)36-28(40-4)17-35-31/h5-9,14-17,21,27H,10-13,18-20H2,1-4H3. The van der Waals surface area contributed by atoms with Crippen molar-refractivity contribution in [1.82, 2.24) is 19.5 Å². The molecule has 2 saturated heterocycles. The molecule has 0 saturated carbocycles. The van der Waals surface area contributed by atoms with E-state index in [-0.39, 0.29) is 6.10 Å². The molecule has 4 aromatic rings. The van der Waals surface area contributed by atoms with Crippen molar-refractivity contribution in [3.63, 3.8) is 0 Å². The quantitative estimate of drug-likeness (QED) is 0.264. The second-order valence-electron chi connectivity index (χ2n) is 11.1. The summed E-state index contributed by atoms with van der Waals surface area (Å²) in [6.45, 7) is 10.8. The summed E-state index contributed by atoms with van der Waals surface area (Å²) in [7, 11) is 1.55. The second-order valence-corrected chi connectivity index (χ2v) is 11.5. The molecule has 6 rings (SSSR count). The number of rotatable bonds is 9. The summed E-state index contributed by atoms with van der Waals surface area (Å²) in [5, 5.41) is 0.350. The van der Waals surface area contributed by atoms with Crippen LogP contribution in [0.3, 0.4) is 0 Å². The molecule has 2 unspecified atom stereocenters. The minimum atomic E-state index is -0.921. The summed E-state index contributed by atoms with van der Waals surface area (Å²) < 4.78 is 26.6. The molecule has 2 aromatic heterocycles. The zero-order valence-corrected chi connectivity index (χ0v) is 25.8. The van der Waals surface area contributed by atoms with E-state index < -0.39 is 5.79 Å². The van der Waals surface area contributed by atoms with Crippen LogP contribution in [0.2, 0.25) is 5.15 Å². The van der Waals surface area contributed by atoms with Gasteiger partial charge in [0.1, 0.15) is 18.5 Å². The third kappa shape index (κ3) is 6.27. The van der Waals surface area contributed by atoms with Gasteiger partial charge < -0.3 is 33.3 Å². The Hall–Kier alpha value is -3.86. The normalized spacial score (nSPS) is 20.4. The van der Waals surface area contributed by atoms with E-state index in [1.54, 1.807) is 25.8 Å². The number of aryl methyl sites for hydroxylation is 3. The van der Waals surface area contributed by atoms with Gasteiger partial charge in [-0.25, -0.2) is 9.97 Å². The number of nitrogens with zero attached hydrogens (tertiary/aromatic N) is 6. The minimum absolute atomic E-state index is 0.230. The summed E-state index contributed by atoms with van der Waals surface area (Å²) in [5.41, 5.74) is 5.68. The molecule has 4 heterocycles. The molecule has 0 spiro atoms. The molecule has 0 amide bonds. The van der Waals surface area contributed by atoms with Gasteiger partial charge in [0.2, 0.25) is 11.7 Å². The van der Waals surface area contributed by atoms with E-state index in [1.165, 1.54) is 5.56 Å². The van der Waals surface area contributed by atoms with Crippen molar-refractivity contribution in [3.05, 3.63) is 88.7 Å². The van der Waals surface area contributed by atoms with Gasteiger partial charge in [-0.1, -0.05) is 35.4 Å². The van der Waals surface area contributed by atoms with Gasteiger partial charge in [-0.05, 0) is 44.0 Å². The number of imidazole rings is 1. The van der Waals surface area contributed by atoms with Crippen LogP contribution in [0.1, 0.15) is 22.3 Å². The summed E-state index contributed by atoms with van der Waals surface area (Å²) in [6, 6.07) is 12.6. The van der Waals surface area contributed by atoms with E-state index in [4.69, 9.17) is 30.5 Å². The minimum Gasteiger partial charge on any atom is -0.491 e. The van der Waals surface area contributed by atoms with Gasteiger partial charge in [0, 0.05) is 55.9 Å². The topological polar surface area (TPSA) is 87.0 Å². The number of hydrogen-bond acceptors (Lipinski definition) is 9. The van der Waals surface area contributed by atoms with Gasteiger partial charge >= 0.3 is 0 Å². The van der Waals surface area contributed by atoms with E-state index in [9.17, 15) is 0 Å². The molecule has 2 aliphatic rings. The first kappa shape index (κ1) is 29.2. The van der Waals surface area contributed by atoms with Gasteiger partial charge in [0.15, 0.2) is 11.0 Å². The third-order valence-electron chi connectivity index (χ3n) is 7.96. The summed E-state index contributed by atoms with van der Waals surface area (Å²) in [6.07, 6.45) is 6.86. The lowest BCUT2D eigenvalue weighted by molar-refractivity contribution is -0.190. The summed E-state index contributed by atoms with van der Waals surface area (Å²) in [5.74, 6) is 0.957. The molecular weight excluding hydrogens is 568 g/mol. The van der Waals surface area contributed by atoms with Crippen molar-refractivity contribution < 1.29 is 18.9 Å². The number of aromatic nitrogens is 4. The Balaban J connectivity index is 1.10. The SMILES string of the molecule is COc1cnc(N2CCN(c3cccc(OCC4COC(Cn5ccnc5)(c5c(C)cc(C)cc5C)O4)c3)CC2)c(Cl)n1. The Labute approximate surface area is 257 Å². The fourth-order valence-electron chi connectivity index (χ4n) is 6.13. The van der Waals surface area contributed by atoms with Gasteiger partial charge in [-0.2, -0.15) is 4.98 Å². The fraction of sp³-hybridized carbons (Fsp3) is 0.406. The van der Waals surface area contributed by atoms with E-state index in [0.717, 1.165) is 54.3 Å².